The van der Waals surface area contributed by atoms with Gasteiger partial charge in [0.2, 0.25) is 5.91 Å². The Morgan fingerprint density at radius 1 is 1.26 bits per heavy atom. The zero-order chi connectivity index (χ0) is 13.5. The fourth-order valence-corrected chi connectivity index (χ4v) is 3.30. The third kappa shape index (κ3) is 4.46. The zero-order valence-corrected chi connectivity index (χ0v) is 12.2. The molecule has 2 atom stereocenters. The Morgan fingerprint density at radius 3 is 2.74 bits per heavy atom. The van der Waals surface area contributed by atoms with Crippen LogP contribution in [0.3, 0.4) is 0 Å². The minimum atomic E-state index is 0.277. The smallest absolute Gasteiger partial charge is 0.224 e. The van der Waals surface area contributed by atoms with Crippen molar-refractivity contribution in [2.75, 3.05) is 32.8 Å². The second-order valence-corrected chi connectivity index (χ2v) is 5.76. The summed E-state index contributed by atoms with van der Waals surface area (Å²) < 4.78 is 5.27. The quantitative estimate of drug-likeness (QED) is 0.826. The van der Waals surface area contributed by atoms with Crippen LogP contribution in [0.2, 0.25) is 0 Å². The Bertz CT molecular complexity index is 277. The molecule has 0 radical (unpaired) electrons. The second kappa shape index (κ2) is 7.85. The Balaban J connectivity index is 1.65. The van der Waals surface area contributed by atoms with E-state index in [4.69, 9.17) is 4.74 Å². The van der Waals surface area contributed by atoms with Crippen molar-refractivity contribution in [2.24, 2.45) is 5.92 Å². The third-order valence-electron chi connectivity index (χ3n) is 4.54. The van der Waals surface area contributed by atoms with E-state index in [-0.39, 0.29) is 5.91 Å². The van der Waals surface area contributed by atoms with Gasteiger partial charge in [0, 0.05) is 32.1 Å². The number of hydrogen-bond acceptors (Lipinski definition) is 3. The maximum absolute atomic E-state index is 12.0. The van der Waals surface area contributed by atoms with E-state index in [1.54, 1.807) is 0 Å². The fraction of sp³-hybridized carbons (Fsp3) is 0.933. The minimum Gasteiger partial charge on any atom is -0.378 e. The van der Waals surface area contributed by atoms with Crippen molar-refractivity contribution in [3.63, 3.8) is 0 Å². The van der Waals surface area contributed by atoms with Crippen LogP contribution in [0.1, 0.15) is 45.4 Å². The number of nitrogens with zero attached hydrogens (tertiary/aromatic N) is 1. The average molecular weight is 268 g/mol. The largest absolute Gasteiger partial charge is 0.378 e. The first-order valence-electron chi connectivity index (χ1n) is 7.90. The number of amides is 1. The molecule has 1 amide bonds. The van der Waals surface area contributed by atoms with E-state index in [1.807, 2.05) is 4.90 Å². The maximum Gasteiger partial charge on any atom is 0.224 e. The first-order chi connectivity index (χ1) is 9.31. The molecule has 0 bridgehead atoms. The van der Waals surface area contributed by atoms with E-state index in [1.165, 1.54) is 32.1 Å². The van der Waals surface area contributed by atoms with Gasteiger partial charge in [0.05, 0.1) is 13.2 Å². The molecule has 4 heteroatoms. The summed E-state index contributed by atoms with van der Waals surface area (Å²) in [6.07, 6.45) is 7.24. The van der Waals surface area contributed by atoms with E-state index in [0.717, 1.165) is 25.6 Å². The van der Waals surface area contributed by atoms with E-state index in [2.05, 4.69) is 12.2 Å². The lowest BCUT2D eigenvalue weighted by Crippen LogP contribution is -2.43. The SMILES string of the molecule is CCC1CCCCC1NCCC(=O)N1CCOCC1. The summed E-state index contributed by atoms with van der Waals surface area (Å²) in [5.41, 5.74) is 0. The van der Waals surface area contributed by atoms with Gasteiger partial charge >= 0.3 is 0 Å². The summed E-state index contributed by atoms with van der Waals surface area (Å²) in [6, 6.07) is 0.635. The topological polar surface area (TPSA) is 41.6 Å². The Morgan fingerprint density at radius 2 is 2.00 bits per heavy atom. The Kier molecular flexibility index (Phi) is 6.11. The molecule has 2 fully saturated rings. The van der Waals surface area contributed by atoms with Crippen LogP contribution < -0.4 is 5.32 Å². The highest BCUT2D eigenvalue weighted by molar-refractivity contribution is 5.76. The molecule has 2 aliphatic rings. The molecule has 2 unspecified atom stereocenters. The van der Waals surface area contributed by atoms with Crippen LogP contribution in [0.15, 0.2) is 0 Å². The standard InChI is InChI=1S/C15H28N2O2/c1-2-13-5-3-4-6-14(13)16-8-7-15(18)17-9-11-19-12-10-17/h13-14,16H,2-12H2,1H3. The van der Waals surface area contributed by atoms with Crippen molar-refractivity contribution in [3.8, 4) is 0 Å². The lowest BCUT2D eigenvalue weighted by molar-refractivity contribution is -0.135. The molecular formula is C15H28N2O2. The maximum atomic E-state index is 12.0. The first-order valence-corrected chi connectivity index (χ1v) is 7.90. The molecule has 1 saturated heterocycles. The molecule has 0 aromatic carbocycles. The van der Waals surface area contributed by atoms with Crippen LogP contribution >= 0.6 is 0 Å². The van der Waals surface area contributed by atoms with Crippen LogP contribution in [0.4, 0.5) is 0 Å². The number of hydrogen-bond donors (Lipinski definition) is 1. The molecule has 2 rings (SSSR count). The summed E-state index contributed by atoms with van der Waals surface area (Å²) in [6.45, 7) is 6.03. The predicted octanol–water partition coefficient (Wildman–Crippen LogP) is 1.79. The Hall–Kier alpha value is -0.610. The van der Waals surface area contributed by atoms with Crippen molar-refractivity contribution >= 4 is 5.91 Å². The number of carbonyl (C=O) groups is 1. The van der Waals surface area contributed by atoms with Gasteiger partial charge < -0.3 is 15.0 Å². The predicted molar refractivity (Wildman–Crippen MR) is 76.1 cm³/mol. The van der Waals surface area contributed by atoms with E-state index in [0.29, 0.717) is 25.7 Å². The van der Waals surface area contributed by atoms with Crippen molar-refractivity contribution in [2.45, 2.75) is 51.5 Å². The van der Waals surface area contributed by atoms with E-state index in [9.17, 15) is 4.79 Å². The fourth-order valence-electron chi connectivity index (χ4n) is 3.30. The van der Waals surface area contributed by atoms with Gasteiger partial charge in [0.25, 0.3) is 0 Å². The normalized spacial score (nSPS) is 28.4. The lowest BCUT2D eigenvalue weighted by atomic mass is 9.83. The highest BCUT2D eigenvalue weighted by Crippen LogP contribution is 2.26. The van der Waals surface area contributed by atoms with Crippen LogP contribution in [-0.4, -0.2) is 49.7 Å². The molecule has 110 valence electrons. The molecule has 1 saturated carbocycles. The summed E-state index contributed by atoms with van der Waals surface area (Å²) in [7, 11) is 0. The summed E-state index contributed by atoms with van der Waals surface area (Å²) in [4.78, 5) is 14.0. The summed E-state index contributed by atoms with van der Waals surface area (Å²) in [5, 5.41) is 3.61. The lowest BCUT2D eigenvalue weighted by Gasteiger charge is -2.32. The van der Waals surface area contributed by atoms with Crippen molar-refractivity contribution < 1.29 is 9.53 Å². The minimum absolute atomic E-state index is 0.277. The molecule has 0 aromatic heterocycles. The molecule has 1 N–H and O–H groups in total. The van der Waals surface area contributed by atoms with Gasteiger partial charge in [0.15, 0.2) is 0 Å². The Labute approximate surface area is 116 Å². The van der Waals surface area contributed by atoms with Crippen LogP contribution in [0.5, 0.6) is 0 Å². The van der Waals surface area contributed by atoms with Gasteiger partial charge in [-0.2, -0.15) is 0 Å². The zero-order valence-electron chi connectivity index (χ0n) is 12.2. The summed E-state index contributed by atoms with van der Waals surface area (Å²) in [5.74, 6) is 1.09. The molecule has 0 spiro atoms. The average Bonchev–Trinajstić information content (AvgIpc) is 2.48. The van der Waals surface area contributed by atoms with Gasteiger partial charge in [0.1, 0.15) is 0 Å². The number of nitrogens with one attached hydrogen (secondary N) is 1. The van der Waals surface area contributed by atoms with Crippen LogP contribution in [0.25, 0.3) is 0 Å². The monoisotopic (exact) mass is 268 g/mol. The van der Waals surface area contributed by atoms with Gasteiger partial charge in [-0.1, -0.05) is 26.2 Å². The highest BCUT2D eigenvalue weighted by Gasteiger charge is 2.23. The number of carbonyl (C=O) groups excluding carboxylic acids is 1. The molecule has 0 aromatic rings. The number of ether oxygens (including phenoxy) is 1. The molecule has 1 heterocycles. The third-order valence-corrected chi connectivity index (χ3v) is 4.54. The molecular weight excluding hydrogens is 240 g/mol. The van der Waals surface area contributed by atoms with Gasteiger partial charge in [-0.25, -0.2) is 0 Å². The number of rotatable bonds is 5. The van der Waals surface area contributed by atoms with E-state index < -0.39 is 0 Å². The van der Waals surface area contributed by atoms with Crippen LogP contribution in [0, 0.1) is 5.92 Å². The van der Waals surface area contributed by atoms with Gasteiger partial charge in [-0.3, -0.25) is 4.79 Å². The molecule has 1 aliphatic heterocycles. The van der Waals surface area contributed by atoms with Crippen molar-refractivity contribution in [1.82, 2.24) is 10.2 Å². The van der Waals surface area contributed by atoms with Crippen molar-refractivity contribution in [1.29, 1.82) is 0 Å². The molecule has 19 heavy (non-hydrogen) atoms. The second-order valence-electron chi connectivity index (χ2n) is 5.76. The molecule has 4 nitrogen and oxygen atoms in total. The summed E-state index contributed by atoms with van der Waals surface area (Å²) >= 11 is 0. The highest BCUT2D eigenvalue weighted by atomic mass is 16.5. The van der Waals surface area contributed by atoms with Crippen molar-refractivity contribution in [3.05, 3.63) is 0 Å². The van der Waals surface area contributed by atoms with Gasteiger partial charge in [-0.15, -0.1) is 0 Å². The van der Waals surface area contributed by atoms with E-state index >= 15 is 0 Å². The van der Waals surface area contributed by atoms with Gasteiger partial charge in [-0.05, 0) is 18.8 Å². The van der Waals surface area contributed by atoms with Crippen LogP contribution in [-0.2, 0) is 9.53 Å². The first kappa shape index (κ1) is 14.8. The number of morpholine rings is 1. The molecule has 1 aliphatic carbocycles.